The van der Waals surface area contributed by atoms with Crippen LogP contribution in [0.15, 0.2) is 60.8 Å². The number of carbonyl (C=O) groups excluding carboxylic acids is 1. The number of hydrogen-bond donors (Lipinski definition) is 2. The third-order valence-electron chi connectivity index (χ3n) is 4.78. The zero-order valence-electron chi connectivity index (χ0n) is 17.5. The average Bonchev–Trinajstić information content (AvgIpc) is 3.15. The smallest absolute Gasteiger partial charge is 0.258 e. The van der Waals surface area contributed by atoms with Crippen molar-refractivity contribution in [1.29, 1.82) is 0 Å². The number of phenolic OH excluding ortho intramolecular Hbond substituents is 1. The van der Waals surface area contributed by atoms with E-state index in [-0.39, 0.29) is 17.6 Å². The SMILES string of the molecule is COc1cc(-c2ccc3nc(NC(=O)c4ccc(CN(C)C)cc4)nn3c2)ccc1O. The first-order chi connectivity index (χ1) is 14.9. The summed E-state index contributed by atoms with van der Waals surface area (Å²) in [6.45, 7) is 0.811. The Morgan fingerprint density at radius 1 is 1.10 bits per heavy atom. The van der Waals surface area contributed by atoms with Crippen molar-refractivity contribution in [3.63, 3.8) is 0 Å². The van der Waals surface area contributed by atoms with Gasteiger partial charge in [-0.25, -0.2) is 4.52 Å². The van der Waals surface area contributed by atoms with E-state index in [2.05, 4.69) is 20.3 Å². The lowest BCUT2D eigenvalue weighted by molar-refractivity contribution is 0.102. The van der Waals surface area contributed by atoms with Gasteiger partial charge in [0.2, 0.25) is 5.95 Å². The summed E-state index contributed by atoms with van der Waals surface area (Å²) in [5, 5.41) is 16.9. The molecule has 2 aromatic heterocycles. The Hall–Kier alpha value is -3.91. The number of nitrogens with zero attached hydrogens (tertiary/aromatic N) is 4. The number of nitrogens with one attached hydrogen (secondary N) is 1. The highest BCUT2D eigenvalue weighted by Crippen LogP contribution is 2.31. The summed E-state index contributed by atoms with van der Waals surface area (Å²) in [4.78, 5) is 19.0. The number of carbonyl (C=O) groups is 1. The topological polar surface area (TPSA) is 92.0 Å². The van der Waals surface area contributed by atoms with Gasteiger partial charge in [-0.1, -0.05) is 18.2 Å². The minimum absolute atomic E-state index is 0.0767. The largest absolute Gasteiger partial charge is 0.504 e. The van der Waals surface area contributed by atoms with Gasteiger partial charge in [0, 0.05) is 23.9 Å². The summed E-state index contributed by atoms with van der Waals surface area (Å²) < 4.78 is 6.78. The van der Waals surface area contributed by atoms with Gasteiger partial charge < -0.3 is 14.7 Å². The van der Waals surface area contributed by atoms with Crippen LogP contribution in [0, 0.1) is 0 Å². The van der Waals surface area contributed by atoms with E-state index in [4.69, 9.17) is 4.74 Å². The zero-order valence-corrected chi connectivity index (χ0v) is 17.5. The third-order valence-corrected chi connectivity index (χ3v) is 4.78. The van der Waals surface area contributed by atoms with E-state index in [1.807, 2.05) is 38.4 Å². The highest BCUT2D eigenvalue weighted by Gasteiger charge is 2.12. The predicted molar refractivity (Wildman–Crippen MR) is 118 cm³/mol. The second-order valence-electron chi connectivity index (χ2n) is 7.43. The molecule has 0 spiro atoms. The van der Waals surface area contributed by atoms with Crippen LogP contribution in [0.2, 0.25) is 0 Å². The van der Waals surface area contributed by atoms with E-state index in [0.29, 0.717) is 17.0 Å². The molecule has 0 bridgehead atoms. The lowest BCUT2D eigenvalue weighted by Gasteiger charge is -2.09. The fourth-order valence-electron chi connectivity index (χ4n) is 3.26. The molecular weight excluding hydrogens is 394 g/mol. The summed E-state index contributed by atoms with van der Waals surface area (Å²) >= 11 is 0. The molecule has 0 saturated heterocycles. The van der Waals surface area contributed by atoms with Gasteiger partial charge in [0.15, 0.2) is 17.1 Å². The summed E-state index contributed by atoms with van der Waals surface area (Å²) in [6, 6.07) is 16.3. The second kappa shape index (κ2) is 8.45. The van der Waals surface area contributed by atoms with Crippen LogP contribution < -0.4 is 10.1 Å². The molecule has 0 fully saturated rings. The number of fused-ring (bicyclic) bond motifs is 1. The van der Waals surface area contributed by atoms with Crippen molar-refractivity contribution in [1.82, 2.24) is 19.5 Å². The van der Waals surface area contributed by atoms with Gasteiger partial charge >= 0.3 is 0 Å². The monoisotopic (exact) mass is 417 g/mol. The highest BCUT2D eigenvalue weighted by molar-refractivity contribution is 6.03. The van der Waals surface area contributed by atoms with Gasteiger partial charge in [0.1, 0.15) is 0 Å². The number of aromatic nitrogens is 3. The van der Waals surface area contributed by atoms with Gasteiger partial charge in [-0.3, -0.25) is 10.1 Å². The Bertz CT molecular complexity index is 1230. The normalized spacial score (nSPS) is 11.1. The summed E-state index contributed by atoms with van der Waals surface area (Å²) in [6.07, 6.45) is 1.81. The predicted octanol–water partition coefficient (Wildman–Crippen LogP) is 3.42. The van der Waals surface area contributed by atoms with Crippen LogP contribution in [0.5, 0.6) is 11.5 Å². The summed E-state index contributed by atoms with van der Waals surface area (Å²) in [5.41, 5.74) is 4.00. The maximum absolute atomic E-state index is 12.6. The number of methoxy groups -OCH3 is 1. The molecule has 4 aromatic rings. The van der Waals surface area contributed by atoms with Crippen LogP contribution in [0.3, 0.4) is 0 Å². The first-order valence-electron chi connectivity index (χ1n) is 9.72. The third kappa shape index (κ3) is 4.49. The van der Waals surface area contributed by atoms with E-state index >= 15 is 0 Å². The number of ether oxygens (including phenoxy) is 1. The molecule has 0 aliphatic carbocycles. The van der Waals surface area contributed by atoms with Crippen molar-refractivity contribution in [2.24, 2.45) is 0 Å². The molecule has 2 aromatic carbocycles. The summed E-state index contributed by atoms with van der Waals surface area (Å²) in [5.74, 6) is 0.423. The number of phenols is 1. The fourth-order valence-corrected chi connectivity index (χ4v) is 3.26. The molecule has 0 aliphatic heterocycles. The number of anilines is 1. The molecule has 0 unspecified atom stereocenters. The number of hydrogen-bond acceptors (Lipinski definition) is 6. The van der Waals surface area contributed by atoms with E-state index in [1.54, 1.807) is 41.0 Å². The number of benzene rings is 2. The fraction of sp³-hybridized carbons (Fsp3) is 0.174. The van der Waals surface area contributed by atoms with Crippen molar-refractivity contribution >= 4 is 17.5 Å². The van der Waals surface area contributed by atoms with Crippen LogP contribution in [0.4, 0.5) is 5.95 Å². The quantitative estimate of drug-likeness (QED) is 0.499. The minimum Gasteiger partial charge on any atom is -0.504 e. The number of rotatable bonds is 6. The molecule has 0 radical (unpaired) electrons. The maximum Gasteiger partial charge on any atom is 0.258 e. The van der Waals surface area contributed by atoms with Crippen LogP contribution in [-0.4, -0.2) is 51.7 Å². The molecule has 2 heterocycles. The molecule has 4 rings (SSSR count). The average molecular weight is 417 g/mol. The summed E-state index contributed by atoms with van der Waals surface area (Å²) in [7, 11) is 5.50. The lowest BCUT2D eigenvalue weighted by atomic mass is 10.1. The van der Waals surface area contributed by atoms with Gasteiger partial charge in [0.25, 0.3) is 5.91 Å². The molecule has 8 heteroatoms. The van der Waals surface area contributed by atoms with E-state index in [0.717, 1.165) is 23.2 Å². The van der Waals surface area contributed by atoms with Crippen molar-refractivity contribution in [3.8, 4) is 22.6 Å². The molecule has 1 amide bonds. The van der Waals surface area contributed by atoms with Crippen molar-refractivity contribution in [2.75, 3.05) is 26.5 Å². The maximum atomic E-state index is 12.6. The number of amides is 1. The van der Waals surface area contributed by atoms with Crippen LogP contribution in [0.1, 0.15) is 15.9 Å². The second-order valence-corrected chi connectivity index (χ2v) is 7.43. The first-order valence-corrected chi connectivity index (χ1v) is 9.72. The lowest BCUT2D eigenvalue weighted by Crippen LogP contribution is -2.14. The van der Waals surface area contributed by atoms with Crippen molar-refractivity contribution in [3.05, 3.63) is 71.9 Å². The van der Waals surface area contributed by atoms with E-state index in [1.165, 1.54) is 7.11 Å². The first kappa shape index (κ1) is 20.4. The molecule has 2 N–H and O–H groups in total. The Balaban J connectivity index is 1.53. The van der Waals surface area contributed by atoms with Crippen molar-refractivity contribution < 1.29 is 14.6 Å². The number of pyridine rings is 1. The van der Waals surface area contributed by atoms with Gasteiger partial charge in [-0.15, -0.1) is 5.10 Å². The van der Waals surface area contributed by atoms with Crippen LogP contribution in [0.25, 0.3) is 16.8 Å². The highest BCUT2D eigenvalue weighted by atomic mass is 16.5. The number of aromatic hydroxyl groups is 1. The van der Waals surface area contributed by atoms with E-state index in [9.17, 15) is 9.90 Å². The Labute approximate surface area is 179 Å². The zero-order chi connectivity index (χ0) is 22.0. The molecule has 158 valence electrons. The van der Waals surface area contributed by atoms with Gasteiger partial charge in [-0.2, -0.15) is 4.98 Å². The Morgan fingerprint density at radius 2 is 1.84 bits per heavy atom. The van der Waals surface area contributed by atoms with Crippen LogP contribution in [-0.2, 0) is 6.54 Å². The Morgan fingerprint density at radius 3 is 2.55 bits per heavy atom. The molecular formula is C23H23N5O3. The van der Waals surface area contributed by atoms with Gasteiger partial charge in [0.05, 0.1) is 7.11 Å². The minimum atomic E-state index is -0.268. The van der Waals surface area contributed by atoms with Crippen molar-refractivity contribution in [2.45, 2.75) is 6.54 Å². The molecule has 0 atom stereocenters. The van der Waals surface area contributed by atoms with Crippen LogP contribution >= 0.6 is 0 Å². The Kier molecular flexibility index (Phi) is 5.55. The molecule has 0 aliphatic rings. The van der Waals surface area contributed by atoms with E-state index < -0.39 is 0 Å². The van der Waals surface area contributed by atoms with Gasteiger partial charge in [-0.05, 0) is 61.6 Å². The molecule has 0 saturated carbocycles. The standard InChI is InChI=1S/C23H23N5O3/c1-27(2)13-15-4-6-16(7-5-15)22(30)25-23-24-21-11-9-18(14-28(21)26-23)17-8-10-19(29)20(12-17)31-3/h4-12,14,29H,13H2,1-3H3,(H,25,26,30). The molecule has 8 nitrogen and oxygen atoms in total. The molecule has 31 heavy (non-hydrogen) atoms.